The van der Waals surface area contributed by atoms with Crippen LogP contribution in [-0.4, -0.2) is 110 Å². The molecular formula is C49H72N4O14. The molecule has 67 heavy (non-hydrogen) atoms. The van der Waals surface area contributed by atoms with Gasteiger partial charge in [-0.3, -0.25) is 28.8 Å². The average molecular weight is 941 g/mol. The first-order valence-corrected chi connectivity index (χ1v) is 23.9. The number of carbonyl (C=O) groups excluding carboxylic acids is 6. The van der Waals surface area contributed by atoms with Crippen LogP contribution in [0.3, 0.4) is 0 Å². The van der Waals surface area contributed by atoms with Crippen LogP contribution in [0.4, 0.5) is 0 Å². The van der Waals surface area contributed by atoms with Gasteiger partial charge in [-0.2, -0.15) is 0 Å². The second kappa shape index (κ2) is 18.2. The van der Waals surface area contributed by atoms with Crippen LogP contribution in [0.1, 0.15) is 140 Å². The van der Waals surface area contributed by atoms with E-state index in [1.54, 1.807) is 0 Å². The lowest BCUT2D eigenvalue weighted by atomic mass is 9.33. The molecule has 2 heterocycles. The van der Waals surface area contributed by atoms with Gasteiger partial charge in [-0.15, -0.1) is 5.10 Å². The van der Waals surface area contributed by atoms with E-state index in [2.05, 4.69) is 70.2 Å². The van der Waals surface area contributed by atoms with E-state index in [0.29, 0.717) is 30.9 Å². The fourth-order valence-corrected chi connectivity index (χ4v) is 14.2. The van der Waals surface area contributed by atoms with Crippen molar-refractivity contribution < 1.29 is 67.4 Å². The molecule has 372 valence electrons. The maximum absolute atomic E-state index is 14.7. The quantitative estimate of drug-likeness (QED) is 0.155. The predicted molar refractivity (Wildman–Crippen MR) is 236 cm³/mol. The number of aliphatic hydroxyl groups is 2. The first-order valence-electron chi connectivity index (χ1n) is 23.9. The molecule has 0 aromatic carbocycles. The second-order valence-corrected chi connectivity index (χ2v) is 22.6. The zero-order chi connectivity index (χ0) is 49.2. The summed E-state index contributed by atoms with van der Waals surface area (Å²) in [5, 5.41) is 33.3. The van der Waals surface area contributed by atoms with E-state index < -0.39 is 96.6 Å². The number of nitrogens with one attached hydrogen (secondary N) is 1. The van der Waals surface area contributed by atoms with Crippen molar-refractivity contribution in [2.75, 3.05) is 6.61 Å². The number of carbonyl (C=O) groups is 6. The van der Waals surface area contributed by atoms with Crippen LogP contribution in [-0.2, 0) is 70.3 Å². The Balaban J connectivity index is 1.06. The van der Waals surface area contributed by atoms with E-state index in [1.807, 2.05) is 0 Å². The molecule has 0 unspecified atom stereocenters. The number of esters is 5. The molecule has 0 bridgehead atoms. The molecule has 0 spiro atoms. The Bertz CT molecular complexity index is 2150. The molecule has 1 amide bonds. The Morgan fingerprint density at radius 3 is 2.09 bits per heavy atom. The van der Waals surface area contributed by atoms with Crippen molar-refractivity contribution in [3.05, 3.63) is 23.5 Å². The van der Waals surface area contributed by atoms with Crippen molar-refractivity contribution in [2.45, 2.75) is 190 Å². The van der Waals surface area contributed by atoms with Gasteiger partial charge < -0.3 is 44.0 Å². The number of allylic oxidation sites excluding steroid dienone is 2. The fourth-order valence-electron chi connectivity index (χ4n) is 14.2. The minimum Gasteiger partial charge on any atom is -0.463 e. The SMILES string of the molecule is CC(=O)OC[C@H]1O[C@@H](NC(=O)Cn2cc(COC(=O)[C@]34CCC(C)(C)C[C@H]3C3=CC[C@@H]5[C@@]6(C)C[C@@H](O)[C@H](O)C(C)(C)[C@@H]6CC[C@@]5(C)[C@]3(C)CC4)nn2)[C@H](OC(C)=O)[C@@H](OC(C)=O)[C@@H]1OC(C)=O. The third-order valence-corrected chi connectivity index (χ3v) is 17.5. The third kappa shape index (κ3) is 9.15. The molecule has 14 atom stereocenters. The molecule has 4 saturated carbocycles. The number of hydrogen-bond donors (Lipinski definition) is 3. The van der Waals surface area contributed by atoms with Crippen molar-refractivity contribution >= 4 is 35.8 Å². The zero-order valence-electron chi connectivity index (χ0n) is 41.0. The van der Waals surface area contributed by atoms with Crippen molar-refractivity contribution in [2.24, 2.45) is 50.2 Å². The summed E-state index contributed by atoms with van der Waals surface area (Å²) in [6, 6.07) is 0. The molecule has 1 aliphatic heterocycles. The van der Waals surface area contributed by atoms with E-state index in [-0.39, 0.29) is 46.1 Å². The van der Waals surface area contributed by atoms with Gasteiger partial charge in [0.15, 0.2) is 24.5 Å². The second-order valence-electron chi connectivity index (χ2n) is 22.6. The summed E-state index contributed by atoms with van der Waals surface area (Å²) >= 11 is 0. The van der Waals surface area contributed by atoms with Crippen LogP contribution in [0.15, 0.2) is 17.8 Å². The summed E-state index contributed by atoms with van der Waals surface area (Å²) in [6.45, 7) is 19.5. The summed E-state index contributed by atoms with van der Waals surface area (Å²) in [5.74, 6) is -3.47. The van der Waals surface area contributed by atoms with Gasteiger partial charge in [-0.1, -0.05) is 65.3 Å². The van der Waals surface area contributed by atoms with Crippen LogP contribution < -0.4 is 5.32 Å². The lowest BCUT2D eigenvalue weighted by molar-refractivity contribution is -0.257. The Kier molecular flexibility index (Phi) is 13.7. The molecule has 5 aliphatic carbocycles. The number of hydrogen-bond acceptors (Lipinski definition) is 16. The summed E-state index contributed by atoms with van der Waals surface area (Å²) in [6.07, 6.45) is 2.74. The van der Waals surface area contributed by atoms with E-state index in [9.17, 15) is 39.0 Å². The van der Waals surface area contributed by atoms with E-state index >= 15 is 0 Å². The van der Waals surface area contributed by atoms with Crippen LogP contribution in [0.25, 0.3) is 0 Å². The van der Waals surface area contributed by atoms with Gasteiger partial charge in [0.05, 0.1) is 23.8 Å². The highest BCUT2D eigenvalue weighted by atomic mass is 16.7. The molecule has 18 nitrogen and oxygen atoms in total. The first-order chi connectivity index (χ1) is 31.2. The maximum atomic E-state index is 14.7. The van der Waals surface area contributed by atoms with Gasteiger partial charge in [0.25, 0.3) is 0 Å². The molecule has 5 fully saturated rings. The smallest absolute Gasteiger partial charge is 0.313 e. The van der Waals surface area contributed by atoms with Crippen molar-refractivity contribution in [1.29, 1.82) is 0 Å². The number of rotatable bonds is 11. The topological polar surface area (TPSA) is 241 Å². The predicted octanol–water partition coefficient (Wildman–Crippen LogP) is 4.65. The van der Waals surface area contributed by atoms with Gasteiger partial charge in [0, 0.05) is 27.7 Å². The van der Waals surface area contributed by atoms with Gasteiger partial charge in [-0.05, 0) is 103 Å². The lowest BCUT2D eigenvalue weighted by Crippen LogP contribution is -2.67. The summed E-state index contributed by atoms with van der Waals surface area (Å²) in [5.41, 5.74) is 0.161. The highest BCUT2D eigenvalue weighted by Crippen LogP contribution is 2.76. The van der Waals surface area contributed by atoms with Crippen LogP contribution >= 0.6 is 0 Å². The molecular weight excluding hydrogens is 869 g/mol. The van der Waals surface area contributed by atoms with E-state index in [0.717, 1.165) is 66.2 Å². The third-order valence-electron chi connectivity index (χ3n) is 17.5. The summed E-state index contributed by atoms with van der Waals surface area (Å²) in [7, 11) is 0. The van der Waals surface area contributed by atoms with Crippen molar-refractivity contribution in [3.8, 4) is 0 Å². The zero-order valence-corrected chi connectivity index (χ0v) is 41.0. The molecule has 7 rings (SSSR count). The van der Waals surface area contributed by atoms with Crippen LogP contribution in [0.5, 0.6) is 0 Å². The number of ether oxygens (including phenoxy) is 6. The lowest BCUT2D eigenvalue weighted by Gasteiger charge is -2.71. The van der Waals surface area contributed by atoms with Gasteiger partial charge in [-0.25, -0.2) is 4.68 Å². The Morgan fingerprint density at radius 2 is 1.43 bits per heavy atom. The molecule has 1 aromatic rings. The van der Waals surface area contributed by atoms with E-state index in [4.69, 9.17) is 28.4 Å². The van der Waals surface area contributed by atoms with Crippen LogP contribution in [0, 0.1) is 50.2 Å². The minimum absolute atomic E-state index is 0.0152. The maximum Gasteiger partial charge on any atom is 0.313 e. The van der Waals surface area contributed by atoms with Gasteiger partial charge in [0.2, 0.25) is 5.91 Å². The number of aromatic nitrogens is 3. The molecule has 3 N–H and O–H groups in total. The van der Waals surface area contributed by atoms with Crippen molar-refractivity contribution in [3.63, 3.8) is 0 Å². The highest BCUT2D eigenvalue weighted by Gasteiger charge is 2.70. The highest BCUT2D eigenvalue weighted by molar-refractivity contribution is 5.79. The molecule has 18 heteroatoms. The largest absolute Gasteiger partial charge is 0.463 e. The van der Waals surface area contributed by atoms with Crippen LogP contribution in [0.2, 0.25) is 0 Å². The Hall–Kier alpha value is -4.42. The monoisotopic (exact) mass is 941 g/mol. The number of aliphatic hydroxyl groups excluding tert-OH is 2. The Morgan fingerprint density at radius 1 is 0.791 bits per heavy atom. The molecule has 1 saturated heterocycles. The molecule has 6 aliphatic rings. The van der Waals surface area contributed by atoms with Gasteiger partial charge >= 0.3 is 29.8 Å². The van der Waals surface area contributed by atoms with E-state index in [1.165, 1.54) is 16.5 Å². The molecule has 0 radical (unpaired) electrons. The van der Waals surface area contributed by atoms with Crippen molar-refractivity contribution in [1.82, 2.24) is 20.3 Å². The number of nitrogens with zero attached hydrogens (tertiary/aromatic N) is 3. The molecule has 1 aromatic heterocycles. The normalized spacial score (nSPS) is 39.3. The summed E-state index contributed by atoms with van der Waals surface area (Å²) in [4.78, 5) is 76.6. The fraction of sp³-hybridized carbons (Fsp3) is 0.796. The standard InChI is InChI=1S/C49H72N4O14/c1-26(54)62-25-34-38(64-27(2)55)39(65-28(3)56)40(66-29(4)57)42(67-34)50-37(59)23-53-22-30(51-52-53)24-63-43(61)49-18-16-44(5,6)20-32(49)31-12-13-36-46(9)21-33(58)41(60)45(7,8)35(46)14-15-48(36,11)47(31,10)17-19-49/h12,22,32-36,38-42,58,60H,13-21,23-25H2,1-11H3,(H,50,59)/t32-,33+,34+,35-,36+,38+,39-,40+,41-,42+,46-,47+,48+,49-/m0/s1. The number of fused-ring (bicyclic) bond motifs is 7. The summed E-state index contributed by atoms with van der Waals surface area (Å²) < 4.78 is 34.9. The first kappa shape index (κ1) is 50.5. The average Bonchev–Trinajstić information content (AvgIpc) is 3.66. The van der Waals surface area contributed by atoms with Gasteiger partial charge in [0.1, 0.15) is 31.6 Å². The minimum atomic E-state index is -1.49. The number of amides is 1. The Labute approximate surface area is 392 Å².